The summed E-state index contributed by atoms with van der Waals surface area (Å²) in [6.07, 6.45) is 6.40. The Kier molecular flexibility index (Phi) is 13.3. The second kappa shape index (κ2) is 20.4. The Labute approximate surface area is 420 Å². The van der Waals surface area contributed by atoms with Crippen LogP contribution in [0.4, 0.5) is 0 Å². The van der Waals surface area contributed by atoms with E-state index in [2.05, 4.69) is 233 Å². The van der Waals surface area contributed by atoms with Crippen LogP contribution in [0.1, 0.15) is 31.9 Å². The van der Waals surface area contributed by atoms with Gasteiger partial charge in [-0.05, 0) is 143 Å². The van der Waals surface area contributed by atoms with Crippen LogP contribution in [-0.4, -0.2) is 19.1 Å². The standard InChI is InChI=1S/C59H38N4.C3H6.C2H6.H2S2/c1-3-15-46(54-19-9-11-31-60-54)44(13-1)40-25-29-58-52(34-40)48-17-5-7-21-56(48)62(58)42-27-23-38-33-39-24-28-43(37-51(39)50(38)36-42)63-57-22-8-6-18-49(57)53-35-41(26-30-59(53)63)45-14-2-4-16-47(45)55-20-10-12-32-61-55;1-3-2;2*1-2/h1-32,34-37H,33H2;3H,1H2,2H3;1-2H3;1-2H. The van der Waals surface area contributed by atoms with Crippen LogP contribution in [0.3, 0.4) is 0 Å². The van der Waals surface area contributed by atoms with E-state index < -0.39 is 0 Å². The lowest BCUT2D eigenvalue weighted by atomic mass is 9.96. The monoisotopic (exact) mass is 940 g/mol. The van der Waals surface area contributed by atoms with E-state index in [-0.39, 0.29) is 0 Å². The molecule has 0 saturated carbocycles. The molecule has 6 heteroatoms. The molecule has 0 radical (unpaired) electrons. The Morgan fingerprint density at radius 1 is 0.400 bits per heavy atom. The molecule has 8 aromatic carbocycles. The molecule has 4 heterocycles. The molecule has 0 fully saturated rings. The number of aromatic nitrogens is 4. The van der Waals surface area contributed by atoms with Crippen LogP contribution in [0, 0.1) is 0 Å². The maximum atomic E-state index is 4.70. The first-order valence-electron chi connectivity index (χ1n) is 23.8. The number of fused-ring (bicyclic) bond motifs is 9. The Bertz CT molecular complexity index is 3580. The van der Waals surface area contributed by atoms with E-state index >= 15 is 0 Å². The van der Waals surface area contributed by atoms with Gasteiger partial charge < -0.3 is 9.13 Å². The fraction of sp³-hybridized carbons (Fsp3) is 0.0625. The average Bonchev–Trinajstić information content (AvgIpc) is 4.09. The fourth-order valence-electron chi connectivity index (χ4n) is 10.2. The number of nitrogens with zero attached hydrogens (tertiary/aromatic N) is 4. The van der Waals surface area contributed by atoms with E-state index in [4.69, 9.17) is 9.97 Å². The molecule has 0 bridgehead atoms. The van der Waals surface area contributed by atoms with Gasteiger partial charge >= 0.3 is 0 Å². The van der Waals surface area contributed by atoms with Gasteiger partial charge in [-0.2, -0.15) is 0 Å². The maximum absolute atomic E-state index is 4.70. The summed E-state index contributed by atoms with van der Waals surface area (Å²) in [4.78, 5) is 9.40. The molecule has 12 aromatic rings. The van der Waals surface area contributed by atoms with E-state index in [1.807, 2.05) is 45.3 Å². The smallest absolute Gasteiger partial charge is 0.0708 e. The van der Waals surface area contributed by atoms with Crippen molar-refractivity contribution in [2.45, 2.75) is 27.2 Å². The third-order valence-corrected chi connectivity index (χ3v) is 13.1. The van der Waals surface area contributed by atoms with Crippen molar-refractivity contribution >= 4 is 66.9 Å². The number of hydrogen-bond donors (Lipinski definition) is 2. The normalized spacial score (nSPS) is 11.2. The Hall–Kier alpha value is -7.90. The van der Waals surface area contributed by atoms with Gasteiger partial charge in [0.15, 0.2) is 0 Å². The van der Waals surface area contributed by atoms with E-state index in [0.29, 0.717) is 0 Å². The summed E-state index contributed by atoms with van der Waals surface area (Å²) >= 11 is 6.44. The lowest BCUT2D eigenvalue weighted by Gasteiger charge is -2.13. The van der Waals surface area contributed by atoms with E-state index in [1.54, 1.807) is 6.08 Å². The molecule has 70 heavy (non-hydrogen) atoms. The predicted octanol–water partition coefficient (Wildman–Crippen LogP) is 17.9. The Morgan fingerprint density at radius 2 is 0.771 bits per heavy atom. The van der Waals surface area contributed by atoms with Gasteiger partial charge in [-0.25, -0.2) is 0 Å². The Balaban J connectivity index is 0.000000774. The number of para-hydroxylation sites is 2. The molecule has 0 amide bonds. The maximum Gasteiger partial charge on any atom is 0.0708 e. The minimum Gasteiger partial charge on any atom is -0.309 e. The topological polar surface area (TPSA) is 35.6 Å². The number of hydrogen-bond acceptors (Lipinski definition) is 4. The molecule has 0 atom stereocenters. The van der Waals surface area contributed by atoms with Crippen LogP contribution in [0.25, 0.3) is 111 Å². The van der Waals surface area contributed by atoms with Crippen LogP contribution >= 0.6 is 23.3 Å². The van der Waals surface area contributed by atoms with Gasteiger partial charge in [0, 0.05) is 56.4 Å². The lowest BCUT2D eigenvalue weighted by molar-refractivity contribution is 1.17. The van der Waals surface area contributed by atoms with Crippen LogP contribution in [0.2, 0.25) is 0 Å². The van der Waals surface area contributed by atoms with Gasteiger partial charge in [0.05, 0.1) is 33.5 Å². The minimum absolute atomic E-state index is 0.920. The largest absolute Gasteiger partial charge is 0.309 e. The summed E-state index contributed by atoms with van der Waals surface area (Å²) in [7, 11) is 0. The van der Waals surface area contributed by atoms with Crippen LogP contribution in [0.15, 0.2) is 231 Å². The lowest BCUT2D eigenvalue weighted by Crippen LogP contribution is -1.96. The second-order valence-electron chi connectivity index (χ2n) is 17.0. The van der Waals surface area contributed by atoms with Gasteiger partial charge in [-0.1, -0.05) is 141 Å². The zero-order valence-corrected chi connectivity index (χ0v) is 41.2. The molecule has 0 aliphatic heterocycles. The van der Waals surface area contributed by atoms with Crippen molar-refractivity contribution in [1.82, 2.24) is 19.1 Å². The van der Waals surface area contributed by atoms with Crippen molar-refractivity contribution < 1.29 is 0 Å². The zero-order chi connectivity index (χ0) is 48.1. The molecule has 1 aliphatic rings. The van der Waals surface area contributed by atoms with Gasteiger partial charge in [0.2, 0.25) is 0 Å². The van der Waals surface area contributed by atoms with Crippen molar-refractivity contribution in [3.05, 3.63) is 242 Å². The van der Waals surface area contributed by atoms with Crippen molar-refractivity contribution in [3.63, 3.8) is 0 Å². The van der Waals surface area contributed by atoms with E-state index in [0.717, 1.165) is 40.3 Å². The summed E-state index contributed by atoms with van der Waals surface area (Å²) < 4.78 is 4.88. The average molecular weight is 941 g/mol. The first-order chi connectivity index (χ1) is 34.7. The summed E-state index contributed by atoms with van der Waals surface area (Å²) in [5.41, 5.74) is 21.3. The molecule has 0 N–H and O–H groups in total. The molecule has 13 rings (SSSR count). The van der Waals surface area contributed by atoms with Crippen molar-refractivity contribution in [2.75, 3.05) is 0 Å². The summed E-state index contributed by atoms with van der Waals surface area (Å²) in [5.74, 6) is 0. The predicted molar refractivity (Wildman–Crippen MR) is 306 cm³/mol. The van der Waals surface area contributed by atoms with Crippen LogP contribution < -0.4 is 0 Å². The minimum atomic E-state index is 0.920. The van der Waals surface area contributed by atoms with Gasteiger partial charge in [0.25, 0.3) is 0 Å². The molecular weight excluding hydrogens is 889 g/mol. The second-order valence-corrected chi connectivity index (χ2v) is 17.0. The highest BCUT2D eigenvalue weighted by atomic mass is 33.1. The van der Waals surface area contributed by atoms with Gasteiger partial charge in [0.1, 0.15) is 0 Å². The molecule has 0 saturated heterocycles. The third kappa shape index (κ3) is 8.19. The Morgan fingerprint density at radius 3 is 1.19 bits per heavy atom. The molecule has 340 valence electrons. The number of thiol groups is 2. The molecule has 0 spiro atoms. The highest BCUT2D eigenvalue weighted by molar-refractivity contribution is 8.59. The summed E-state index contributed by atoms with van der Waals surface area (Å²) in [6, 6.07) is 75.0. The number of benzene rings is 8. The van der Waals surface area contributed by atoms with Crippen LogP contribution in [0.5, 0.6) is 0 Å². The summed E-state index contributed by atoms with van der Waals surface area (Å²) in [6.45, 7) is 9.25. The van der Waals surface area contributed by atoms with Crippen molar-refractivity contribution in [2.24, 2.45) is 0 Å². The van der Waals surface area contributed by atoms with Gasteiger partial charge in [-0.3, -0.25) is 9.97 Å². The number of pyridine rings is 2. The SMILES string of the molecule is C=CC.CC.SS.c1ccc(-c2ccccc2-c2ccc3c(c2)c2ccccc2n3-c2ccc3c(c2)-c2cc(-n4c5ccccc5c5cc(-c6ccccc6-c6ccccn6)ccc54)ccc2C3)nc1. The quantitative estimate of drug-likeness (QED) is 0.0990. The number of rotatable bonds is 6. The molecule has 4 nitrogen and oxygen atoms in total. The molecule has 4 aromatic heterocycles. The van der Waals surface area contributed by atoms with Crippen molar-refractivity contribution in [1.29, 1.82) is 0 Å². The highest BCUT2D eigenvalue weighted by Gasteiger charge is 2.23. The highest BCUT2D eigenvalue weighted by Crippen LogP contribution is 2.44. The van der Waals surface area contributed by atoms with Crippen molar-refractivity contribution in [3.8, 4) is 67.3 Å². The zero-order valence-electron chi connectivity index (χ0n) is 39.5. The van der Waals surface area contributed by atoms with Crippen LogP contribution in [-0.2, 0) is 6.42 Å². The molecular formula is C64H52N4S2. The van der Waals surface area contributed by atoms with E-state index in [9.17, 15) is 0 Å². The third-order valence-electron chi connectivity index (χ3n) is 13.1. The van der Waals surface area contributed by atoms with Gasteiger partial charge in [-0.15, -0.1) is 29.9 Å². The summed E-state index contributed by atoms with van der Waals surface area (Å²) in [5, 5.41) is 4.94. The fourth-order valence-corrected chi connectivity index (χ4v) is 10.2. The van der Waals surface area contributed by atoms with E-state index in [1.165, 1.54) is 88.1 Å². The molecule has 0 unspecified atom stereocenters. The first kappa shape index (κ1) is 45.9. The number of allylic oxidation sites excluding steroid dienone is 1. The first-order valence-corrected chi connectivity index (χ1v) is 25.4. The molecule has 1 aliphatic carbocycles.